The van der Waals surface area contributed by atoms with Crippen molar-refractivity contribution in [3.8, 4) is 0 Å². The molecule has 0 saturated carbocycles. The lowest BCUT2D eigenvalue weighted by atomic mass is 10.1. The Balaban J connectivity index is 1.88. The first-order chi connectivity index (χ1) is 12.3. The molecule has 0 amide bonds. The lowest BCUT2D eigenvalue weighted by molar-refractivity contribution is 0.0487. The van der Waals surface area contributed by atoms with Crippen LogP contribution in [0, 0.1) is 19.7 Å². The van der Waals surface area contributed by atoms with Gasteiger partial charge in [0.05, 0.1) is 19.3 Å². The number of nitrogens with one attached hydrogen (secondary N) is 1. The Morgan fingerprint density at radius 3 is 2.35 bits per heavy atom. The standard InChI is InChI=1S/C19H20FNO5/c1-11-16(18(23)25-3)12(2)21-17(11)19(24)26-10-4-5-15(22)13-6-8-14(20)9-7-13/h6-9,21H,4-5,10H2,1-3H3. The van der Waals surface area contributed by atoms with Crippen molar-refractivity contribution in [1.29, 1.82) is 0 Å². The number of rotatable bonds is 7. The lowest BCUT2D eigenvalue weighted by Gasteiger charge is -2.05. The van der Waals surface area contributed by atoms with Crippen LogP contribution in [0.5, 0.6) is 0 Å². The van der Waals surface area contributed by atoms with Crippen molar-refractivity contribution in [3.05, 3.63) is 58.2 Å². The summed E-state index contributed by atoms with van der Waals surface area (Å²) in [6, 6.07) is 5.29. The summed E-state index contributed by atoms with van der Waals surface area (Å²) >= 11 is 0. The van der Waals surface area contributed by atoms with E-state index in [9.17, 15) is 18.8 Å². The molecule has 0 radical (unpaired) electrons. The molecule has 0 aliphatic rings. The molecule has 1 aromatic carbocycles. The molecule has 1 N–H and O–H groups in total. The highest BCUT2D eigenvalue weighted by Crippen LogP contribution is 2.19. The summed E-state index contributed by atoms with van der Waals surface area (Å²) in [5.41, 5.74) is 1.89. The zero-order valence-electron chi connectivity index (χ0n) is 14.8. The Bertz CT molecular complexity index is 823. The molecule has 0 aliphatic carbocycles. The largest absolute Gasteiger partial charge is 0.465 e. The van der Waals surface area contributed by atoms with Gasteiger partial charge in [0.25, 0.3) is 0 Å². The highest BCUT2D eigenvalue weighted by Gasteiger charge is 2.23. The summed E-state index contributed by atoms with van der Waals surface area (Å²) in [6.07, 6.45) is 0.513. The molecule has 1 aromatic heterocycles. The van der Waals surface area contributed by atoms with Crippen molar-refractivity contribution in [3.63, 3.8) is 0 Å². The number of methoxy groups -OCH3 is 1. The zero-order chi connectivity index (χ0) is 19.3. The molecule has 2 aromatic rings. The lowest BCUT2D eigenvalue weighted by Crippen LogP contribution is -2.10. The Kier molecular flexibility index (Phi) is 6.27. The van der Waals surface area contributed by atoms with Crippen LogP contribution in [0.25, 0.3) is 0 Å². The highest BCUT2D eigenvalue weighted by molar-refractivity contribution is 5.98. The normalized spacial score (nSPS) is 10.5. The molecule has 0 bridgehead atoms. The molecule has 7 heteroatoms. The van der Waals surface area contributed by atoms with Crippen molar-refractivity contribution in [2.24, 2.45) is 0 Å². The van der Waals surface area contributed by atoms with E-state index in [1.165, 1.54) is 31.4 Å². The van der Waals surface area contributed by atoms with Crippen LogP contribution in [0.1, 0.15) is 55.3 Å². The molecule has 0 aliphatic heterocycles. The van der Waals surface area contributed by atoms with E-state index in [2.05, 4.69) is 4.98 Å². The summed E-state index contributed by atoms with van der Waals surface area (Å²) in [5, 5.41) is 0. The van der Waals surface area contributed by atoms with Crippen LogP contribution in [-0.4, -0.2) is 36.4 Å². The number of aromatic amines is 1. The molecular formula is C19H20FNO5. The minimum absolute atomic E-state index is 0.0524. The number of halogens is 1. The van der Waals surface area contributed by atoms with E-state index in [-0.39, 0.29) is 24.5 Å². The maximum absolute atomic E-state index is 12.8. The first-order valence-corrected chi connectivity index (χ1v) is 8.08. The fraction of sp³-hybridized carbons (Fsp3) is 0.316. The summed E-state index contributed by atoms with van der Waals surface area (Å²) in [4.78, 5) is 38.7. The smallest absolute Gasteiger partial charge is 0.355 e. The summed E-state index contributed by atoms with van der Waals surface area (Å²) in [6.45, 7) is 3.35. The monoisotopic (exact) mass is 361 g/mol. The van der Waals surface area contributed by atoms with Crippen molar-refractivity contribution in [2.75, 3.05) is 13.7 Å². The SMILES string of the molecule is COC(=O)c1c(C)[nH]c(C(=O)OCCCC(=O)c2ccc(F)cc2)c1C. The number of aryl methyl sites for hydroxylation is 1. The zero-order valence-corrected chi connectivity index (χ0v) is 14.8. The number of ether oxygens (including phenoxy) is 2. The second kappa shape index (κ2) is 8.42. The maximum atomic E-state index is 12.8. The van der Waals surface area contributed by atoms with E-state index in [4.69, 9.17) is 9.47 Å². The average molecular weight is 361 g/mol. The van der Waals surface area contributed by atoms with Crippen LogP contribution in [0.3, 0.4) is 0 Å². The third-order valence-corrected chi connectivity index (χ3v) is 3.98. The number of hydrogen-bond donors (Lipinski definition) is 1. The van der Waals surface area contributed by atoms with Crippen LogP contribution >= 0.6 is 0 Å². The Morgan fingerprint density at radius 1 is 1.08 bits per heavy atom. The molecule has 6 nitrogen and oxygen atoms in total. The van der Waals surface area contributed by atoms with Crippen molar-refractivity contribution >= 4 is 17.7 Å². The second-order valence-corrected chi connectivity index (χ2v) is 5.79. The molecule has 1 heterocycles. The number of hydrogen-bond acceptors (Lipinski definition) is 5. The number of H-pyrrole nitrogens is 1. The number of ketones is 1. The van der Waals surface area contributed by atoms with E-state index in [1.807, 2.05) is 0 Å². The molecular weight excluding hydrogens is 341 g/mol. The van der Waals surface area contributed by atoms with Gasteiger partial charge in [-0.05, 0) is 50.1 Å². The molecule has 0 saturated heterocycles. The summed E-state index contributed by atoms with van der Waals surface area (Å²) < 4.78 is 22.7. The third kappa shape index (κ3) is 4.36. The van der Waals surface area contributed by atoms with E-state index in [0.29, 0.717) is 28.8 Å². The van der Waals surface area contributed by atoms with Gasteiger partial charge in [-0.1, -0.05) is 0 Å². The van der Waals surface area contributed by atoms with Crippen LogP contribution in [-0.2, 0) is 9.47 Å². The number of carbonyl (C=O) groups excluding carboxylic acids is 3. The van der Waals surface area contributed by atoms with Crippen LogP contribution in [0.2, 0.25) is 0 Å². The predicted octanol–water partition coefficient (Wildman–Crippen LogP) is 3.38. The molecule has 0 spiro atoms. The maximum Gasteiger partial charge on any atom is 0.355 e. The number of carbonyl (C=O) groups is 3. The Hall–Kier alpha value is -2.96. The van der Waals surface area contributed by atoms with Gasteiger partial charge in [0.15, 0.2) is 5.78 Å². The molecule has 138 valence electrons. The summed E-state index contributed by atoms with van der Waals surface area (Å²) in [7, 11) is 1.27. The molecule has 0 atom stereocenters. The van der Waals surface area contributed by atoms with E-state index in [0.717, 1.165) is 0 Å². The fourth-order valence-corrected chi connectivity index (χ4v) is 2.61. The van der Waals surface area contributed by atoms with Gasteiger partial charge in [0, 0.05) is 17.7 Å². The number of aromatic nitrogens is 1. The van der Waals surface area contributed by atoms with Gasteiger partial charge >= 0.3 is 11.9 Å². The number of Topliss-reactive ketones (excluding diaryl/α,β-unsaturated/α-hetero) is 1. The first-order valence-electron chi connectivity index (χ1n) is 8.08. The van der Waals surface area contributed by atoms with Crippen molar-refractivity contribution in [2.45, 2.75) is 26.7 Å². The Morgan fingerprint density at radius 2 is 1.73 bits per heavy atom. The minimum atomic E-state index is -0.602. The van der Waals surface area contributed by atoms with Gasteiger partial charge in [-0.3, -0.25) is 4.79 Å². The van der Waals surface area contributed by atoms with Crippen LogP contribution in [0.4, 0.5) is 4.39 Å². The van der Waals surface area contributed by atoms with Crippen molar-refractivity contribution < 1.29 is 28.2 Å². The van der Waals surface area contributed by atoms with Crippen LogP contribution in [0.15, 0.2) is 24.3 Å². The molecule has 2 rings (SSSR count). The van der Waals surface area contributed by atoms with Gasteiger partial charge < -0.3 is 14.5 Å². The third-order valence-electron chi connectivity index (χ3n) is 3.98. The fourth-order valence-electron chi connectivity index (χ4n) is 2.61. The second-order valence-electron chi connectivity index (χ2n) is 5.79. The molecule has 26 heavy (non-hydrogen) atoms. The average Bonchev–Trinajstić information content (AvgIpc) is 2.92. The number of benzene rings is 1. The minimum Gasteiger partial charge on any atom is -0.465 e. The van der Waals surface area contributed by atoms with E-state index in [1.54, 1.807) is 13.8 Å². The van der Waals surface area contributed by atoms with Gasteiger partial charge in [0.1, 0.15) is 11.5 Å². The quantitative estimate of drug-likeness (QED) is 0.464. The van der Waals surface area contributed by atoms with Gasteiger partial charge in [-0.15, -0.1) is 0 Å². The van der Waals surface area contributed by atoms with E-state index >= 15 is 0 Å². The van der Waals surface area contributed by atoms with Crippen molar-refractivity contribution in [1.82, 2.24) is 4.98 Å². The van der Waals surface area contributed by atoms with Gasteiger partial charge in [0.2, 0.25) is 0 Å². The topological polar surface area (TPSA) is 85.5 Å². The predicted molar refractivity (Wildman–Crippen MR) is 91.9 cm³/mol. The first kappa shape index (κ1) is 19.4. The molecule has 0 fully saturated rings. The summed E-state index contributed by atoms with van der Waals surface area (Å²) in [5.74, 6) is -1.69. The van der Waals surface area contributed by atoms with E-state index < -0.39 is 17.8 Å². The van der Waals surface area contributed by atoms with Gasteiger partial charge in [-0.2, -0.15) is 0 Å². The highest BCUT2D eigenvalue weighted by atomic mass is 19.1. The molecule has 0 unspecified atom stereocenters. The number of esters is 2. The van der Waals surface area contributed by atoms with Crippen LogP contribution < -0.4 is 0 Å². The van der Waals surface area contributed by atoms with Gasteiger partial charge in [-0.25, -0.2) is 14.0 Å². The Labute approximate surface area is 150 Å².